The molecule has 0 spiro atoms. The van der Waals surface area contributed by atoms with E-state index in [-0.39, 0.29) is 0 Å². The summed E-state index contributed by atoms with van der Waals surface area (Å²) < 4.78 is 5.23. The summed E-state index contributed by atoms with van der Waals surface area (Å²) in [6.45, 7) is 2.53. The van der Waals surface area contributed by atoms with Crippen LogP contribution in [-0.2, 0) is 11.4 Å². The number of hydrogen-bond donors (Lipinski definition) is 0. The van der Waals surface area contributed by atoms with E-state index in [2.05, 4.69) is 18.1 Å². The van der Waals surface area contributed by atoms with Crippen molar-refractivity contribution in [1.29, 1.82) is 0 Å². The van der Waals surface area contributed by atoms with Gasteiger partial charge < -0.3 is 9.57 Å². The van der Waals surface area contributed by atoms with E-state index in [4.69, 9.17) is 9.57 Å². The molecule has 0 N–H and O–H groups in total. The van der Waals surface area contributed by atoms with Gasteiger partial charge in [-0.3, -0.25) is 0 Å². The lowest BCUT2D eigenvalue weighted by atomic mass is 10.1. The molecule has 3 heteroatoms. The first kappa shape index (κ1) is 13.1. The fourth-order valence-corrected chi connectivity index (χ4v) is 1.75. The molecule has 0 bridgehead atoms. The second kappa shape index (κ2) is 6.59. The molecule has 2 aromatic carbocycles. The van der Waals surface area contributed by atoms with Crippen molar-refractivity contribution in [2.75, 3.05) is 7.11 Å². The Morgan fingerprint density at radius 2 is 1.79 bits per heavy atom. The molecule has 0 fully saturated rings. The zero-order valence-electron chi connectivity index (χ0n) is 11.2. The van der Waals surface area contributed by atoms with Gasteiger partial charge in [-0.05, 0) is 30.2 Å². The Kier molecular flexibility index (Phi) is 4.56. The Balaban J connectivity index is 1.96. The lowest BCUT2D eigenvalue weighted by molar-refractivity contribution is 0.131. The largest absolute Gasteiger partial charge is 0.496 e. The van der Waals surface area contributed by atoms with Crippen molar-refractivity contribution in [1.82, 2.24) is 0 Å². The minimum atomic E-state index is 0.471. The maximum Gasteiger partial charge on any atom is 0.142 e. The Morgan fingerprint density at radius 3 is 2.58 bits per heavy atom. The molecule has 2 aromatic rings. The number of rotatable bonds is 5. The summed E-state index contributed by atoms with van der Waals surface area (Å²) in [6.07, 6.45) is 1.66. The summed E-state index contributed by atoms with van der Waals surface area (Å²) in [6, 6.07) is 15.8. The average Bonchev–Trinajstić information content (AvgIpc) is 2.45. The van der Waals surface area contributed by atoms with E-state index in [1.165, 1.54) is 5.56 Å². The van der Waals surface area contributed by atoms with Gasteiger partial charge in [0.15, 0.2) is 0 Å². The molecule has 98 valence electrons. The molecule has 0 aliphatic heterocycles. The van der Waals surface area contributed by atoms with E-state index < -0.39 is 0 Å². The summed E-state index contributed by atoms with van der Waals surface area (Å²) in [5.41, 5.74) is 3.24. The van der Waals surface area contributed by atoms with Crippen LogP contribution in [0.25, 0.3) is 0 Å². The van der Waals surface area contributed by atoms with Gasteiger partial charge in [-0.2, -0.15) is 0 Å². The Morgan fingerprint density at radius 1 is 1.05 bits per heavy atom. The number of nitrogens with zero attached hydrogens (tertiary/aromatic N) is 1. The van der Waals surface area contributed by atoms with Crippen molar-refractivity contribution in [3.05, 3.63) is 65.2 Å². The fourth-order valence-electron chi connectivity index (χ4n) is 1.75. The molecule has 19 heavy (non-hydrogen) atoms. The molecule has 0 amide bonds. The Hall–Kier alpha value is -2.29. The third-order valence-corrected chi connectivity index (χ3v) is 2.89. The molecular weight excluding hydrogens is 238 g/mol. The lowest BCUT2D eigenvalue weighted by Crippen LogP contribution is -1.93. The molecule has 0 unspecified atom stereocenters. The van der Waals surface area contributed by atoms with Gasteiger partial charge in [0.1, 0.15) is 12.4 Å². The standard InChI is InChI=1S/C16H17NO2/c1-13-7-3-4-9-15(13)12-19-17-11-14-8-5-6-10-16(14)18-2/h3-11H,12H2,1-2H3. The van der Waals surface area contributed by atoms with Crippen LogP contribution in [0.1, 0.15) is 16.7 Å². The van der Waals surface area contributed by atoms with Gasteiger partial charge >= 0.3 is 0 Å². The van der Waals surface area contributed by atoms with Gasteiger partial charge in [0.05, 0.1) is 13.3 Å². The van der Waals surface area contributed by atoms with Gasteiger partial charge in [0, 0.05) is 5.56 Å². The maximum absolute atomic E-state index is 5.32. The van der Waals surface area contributed by atoms with E-state index in [0.717, 1.165) is 16.9 Å². The number of benzene rings is 2. The third kappa shape index (κ3) is 3.58. The molecule has 0 saturated carbocycles. The quantitative estimate of drug-likeness (QED) is 0.604. The molecule has 0 radical (unpaired) electrons. The number of aryl methyl sites for hydroxylation is 1. The van der Waals surface area contributed by atoms with Crippen LogP contribution in [0.5, 0.6) is 5.75 Å². The van der Waals surface area contributed by atoms with Crippen LogP contribution in [0.3, 0.4) is 0 Å². The molecule has 0 heterocycles. The first-order chi connectivity index (χ1) is 9.31. The van der Waals surface area contributed by atoms with Crippen LogP contribution in [0.2, 0.25) is 0 Å². The van der Waals surface area contributed by atoms with Gasteiger partial charge in [0.2, 0.25) is 0 Å². The number of hydrogen-bond acceptors (Lipinski definition) is 3. The van der Waals surface area contributed by atoms with Crippen molar-refractivity contribution < 1.29 is 9.57 Å². The van der Waals surface area contributed by atoms with Gasteiger partial charge in [-0.15, -0.1) is 0 Å². The number of para-hydroxylation sites is 1. The van der Waals surface area contributed by atoms with Crippen molar-refractivity contribution in [2.45, 2.75) is 13.5 Å². The zero-order chi connectivity index (χ0) is 13.5. The maximum atomic E-state index is 5.32. The van der Waals surface area contributed by atoms with Crippen molar-refractivity contribution >= 4 is 6.21 Å². The minimum absolute atomic E-state index is 0.471. The molecule has 3 nitrogen and oxygen atoms in total. The Labute approximate surface area is 113 Å². The predicted molar refractivity (Wildman–Crippen MR) is 76.6 cm³/mol. The summed E-state index contributed by atoms with van der Waals surface area (Å²) >= 11 is 0. The third-order valence-electron chi connectivity index (χ3n) is 2.89. The molecular formula is C16H17NO2. The normalized spacial score (nSPS) is 10.6. The van der Waals surface area contributed by atoms with Gasteiger partial charge in [0.25, 0.3) is 0 Å². The average molecular weight is 255 g/mol. The van der Waals surface area contributed by atoms with Crippen molar-refractivity contribution in [3.63, 3.8) is 0 Å². The molecule has 0 saturated heterocycles. The van der Waals surface area contributed by atoms with Gasteiger partial charge in [-0.25, -0.2) is 0 Å². The number of oxime groups is 1. The summed E-state index contributed by atoms with van der Waals surface area (Å²) in [7, 11) is 1.64. The Bertz CT molecular complexity index is 564. The lowest BCUT2D eigenvalue weighted by Gasteiger charge is -2.04. The van der Waals surface area contributed by atoms with E-state index in [1.54, 1.807) is 13.3 Å². The molecule has 2 rings (SSSR count). The molecule has 0 atom stereocenters. The molecule has 0 aromatic heterocycles. The van der Waals surface area contributed by atoms with E-state index in [1.807, 2.05) is 42.5 Å². The van der Waals surface area contributed by atoms with Crippen LogP contribution < -0.4 is 4.74 Å². The van der Waals surface area contributed by atoms with Crippen molar-refractivity contribution in [2.24, 2.45) is 5.16 Å². The number of methoxy groups -OCH3 is 1. The smallest absolute Gasteiger partial charge is 0.142 e. The van der Waals surface area contributed by atoms with E-state index in [9.17, 15) is 0 Å². The first-order valence-electron chi connectivity index (χ1n) is 6.14. The highest BCUT2D eigenvalue weighted by atomic mass is 16.6. The SMILES string of the molecule is COc1ccccc1C=NOCc1ccccc1C. The minimum Gasteiger partial charge on any atom is -0.496 e. The second-order valence-corrected chi connectivity index (χ2v) is 4.18. The summed E-state index contributed by atoms with van der Waals surface area (Å²) in [4.78, 5) is 5.32. The zero-order valence-corrected chi connectivity index (χ0v) is 11.2. The predicted octanol–water partition coefficient (Wildman–Crippen LogP) is 3.55. The van der Waals surface area contributed by atoms with Gasteiger partial charge in [-0.1, -0.05) is 41.6 Å². The van der Waals surface area contributed by atoms with Crippen LogP contribution in [0.4, 0.5) is 0 Å². The highest BCUT2D eigenvalue weighted by Gasteiger charge is 1.98. The van der Waals surface area contributed by atoms with Crippen LogP contribution in [-0.4, -0.2) is 13.3 Å². The highest BCUT2D eigenvalue weighted by molar-refractivity contribution is 5.82. The van der Waals surface area contributed by atoms with Crippen LogP contribution in [0, 0.1) is 6.92 Å². The highest BCUT2D eigenvalue weighted by Crippen LogP contribution is 2.15. The fraction of sp³-hybridized carbons (Fsp3) is 0.188. The monoisotopic (exact) mass is 255 g/mol. The second-order valence-electron chi connectivity index (χ2n) is 4.18. The first-order valence-corrected chi connectivity index (χ1v) is 6.14. The number of ether oxygens (including phenoxy) is 1. The molecule has 0 aliphatic rings. The van der Waals surface area contributed by atoms with E-state index in [0.29, 0.717) is 6.61 Å². The topological polar surface area (TPSA) is 30.8 Å². The summed E-state index contributed by atoms with van der Waals surface area (Å²) in [5, 5.41) is 3.98. The van der Waals surface area contributed by atoms with Crippen molar-refractivity contribution in [3.8, 4) is 5.75 Å². The van der Waals surface area contributed by atoms with Crippen LogP contribution in [0.15, 0.2) is 53.7 Å². The molecule has 0 aliphatic carbocycles. The summed E-state index contributed by atoms with van der Waals surface area (Å²) in [5.74, 6) is 0.783. The van der Waals surface area contributed by atoms with E-state index >= 15 is 0 Å². The van der Waals surface area contributed by atoms with Crippen LogP contribution >= 0.6 is 0 Å².